The Labute approximate surface area is 183 Å². The summed E-state index contributed by atoms with van der Waals surface area (Å²) in [6.07, 6.45) is -0.948. The van der Waals surface area contributed by atoms with Gasteiger partial charge in [0.1, 0.15) is 6.61 Å². The van der Waals surface area contributed by atoms with Gasteiger partial charge in [-0.3, -0.25) is 4.90 Å². The van der Waals surface area contributed by atoms with Gasteiger partial charge in [0.2, 0.25) is 17.6 Å². The van der Waals surface area contributed by atoms with Crippen LogP contribution in [-0.4, -0.2) is 46.9 Å². The molecule has 0 amide bonds. The summed E-state index contributed by atoms with van der Waals surface area (Å²) in [6, 6.07) is 8.67. The quantitative estimate of drug-likeness (QED) is 0.470. The zero-order chi connectivity index (χ0) is 22.6. The van der Waals surface area contributed by atoms with E-state index in [1.165, 1.54) is 12.1 Å². The van der Waals surface area contributed by atoms with E-state index in [9.17, 15) is 13.2 Å². The summed E-state index contributed by atoms with van der Waals surface area (Å²) in [5.74, 6) is 1.36. The molecule has 170 valence electrons. The van der Waals surface area contributed by atoms with Crippen molar-refractivity contribution >= 4 is 0 Å². The van der Waals surface area contributed by atoms with Gasteiger partial charge in [0.15, 0.2) is 0 Å². The molecule has 1 aliphatic rings. The van der Waals surface area contributed by atoms with E-state index in [1.54, 1.807) is 25.4 Å². The number of aromatic nitrogens is 3. The first-order valence-corrected chi connectivity index (χ1v) is 10.3. The van der Waals surface area contributed by atoms with E-state index in [0.717, 1.165) is 42.6 Å². The molecule has 0 spiro atoms. The molecule has 1 saturated heterocycles. The zero-order valence-corrected chi connectivity index (χ0v) is 17.5. The van der Waals surface area contributed by atoms with Crippen molar-refractivity contribution in [3.05, 3.63) is 59.6 Å². The third-order valence-corrected chi connectivity index (χ3v) is 5.29. The Balaban J connectivity index is 1.45. The average molecular weight is 448 g/mol. The van der Waals surface area contributed by atoms with Crippen molar-refractivity contribution in [1.82, 2.24) is 20.0 Å². The van der Waals surface area contributed by atoms with Crippen molar-refractivity contribution in [1.29, 1.82) is 0 Å². The number of nitrogens with zero attached hydrogens (tertiary/aromatic N) is 4. The van der Waals surface area contributed by atoms with Gasteiger partial charge < -0.3 is 14.0 Å². The molecule has 2 aromatic heterocycles. The molecular weight excluding hydrogens is 425 g/mol. The molecule has 3 aromatic rings. The van der Waals surface area contributed by atoms with Gasteiger partial charge in [0.05, 0.1) is 18.2 Å². The number of benzene rings is 1. The Kier molecular flexibility index (Phi) is 6.71. The maximum atomic E-state index is 12.8. The maximum Gasteiger partial charge on any atom is 0.416 e. The highest BCUT2D eigenvalue weighted by atomic mass is 19.4. The summed E-state index contributed by atoms with van der Waals surface area (Å²) in [6.45, 7) is 2.14. The number of pyridine rings is 1. The van der Waals surface area contributed by atoms with Crippen molar-refractivity contribution in [3.8, 4) is 17.3 Å². The number of hydrogen-bond acceptors (Lipinski definition) is 7. The topological polar surface area (TPSA) is 73.5 Å². The molecule has 1 aromatic carbocycles. The molecule has 0 aliphatic carbocycles. The predicted octanol–water partition coefficient (Wildman–Crippen LogP) is 4.51. The van der Waals surface area contributed by atoms with E-state index in [0.29, 0.717) is 37.4 Å². The molecule has 10 heteroatoms. The van der Waals surface area contributed by atoms with Gasteiger partial charge in [-0.1, -0.05) is 17.3 Å². The lowest BCUT2D eigenvalue weighted by atomic mass is 10.1. The zero-order valence-electron chi connectivity index (χ0n) is 17.5. The van der Waals surface area contributed by atoms with Crippen LogP contribution in [0.2, 0.25) is 0 Å². The van der Waals surface area contributed by atoms with E-state index in [1.807, 2.05) is 0 Å². The molecule has 0 N–H and O–H groups in total. The minimum atomic E-state index is -4.34. The summed E-state index contributed by atoms with van der Waals surface area (Å²) in [7, 11) is 1.60. The van der Waals surface area contributed by atoms with Crippen molar-refractivity contribution in [2.75, 3.05) is 26.9 Å². The van der Waals surface area contributed by atoms with E-state index < -0.39 is 11.7 Å². The second kappa shape index (κ2) is 9.66. The van der Waals surface area contributed by atoms with E-state index in [4.69, 9.17) is 14.0 Å². The lowest BCUT2D eigenvalue weighted by Crippen LogP contribution is -2.23. The minimum absolute atomic E-state index is 0.0854. The van der Waals surface area contributed by atoms with Crippen LogP contribution in [0.3, 0.4) is 0 Å². The van der Waals surface area contributed by atoms with Crippen molar-refractivity contribution in [3.63, 3.8) is 0 Å². The Morgan fingerprint density at radius 2 is 1.97 bits per heavy atom. The summed E-state index contributed by atoms with van der Waals surface area (Å²) in [5.41, 5.74) is 0.870. The van der Waals surface area contributed by atoms with Crippen LogP contribution in [-0.2, 0) is 17.5 Å². The fourth-order valence-corrected chi connectivity index (χ4v) is 3.67. The summed E-state index contributed by atoms with van der Waals surface area (Å²) < 4.78 is 54.4. The standard InChI is InChI=1S/C22H23F3N4O3/c1-30-11-12-31-19-13-16(8-9-26-19)20-27-21(32-28-20)18-3-2-10-29(18)14-15-4-6-17(7-5-15)22(23,24)25/h4-9,13,18H,2-3,10-12,14H2,1H3/t18-/m1/s1. The van der Waals surface area contributed by atoms with Gasteiger partial charge in [-0.25, -0.2) is 4.98 Å². The molecule has 4 rings (SSSR count). The van der Waals surface area contributed by atoms with Gasteiger partial charge in [0.25, 0.3) is 0 Å². The highest BCUT2D eigenvalue weighted by Gasteiger charge is 2.32. The third-order valence-electron chi connectivity index (χ3n) is 5.29. The lowest BCUT2D eigenvalue weighted by molar-refractivity contribution is -0.137. The number of rotatable bonds is 8. The molecule has 3 heterocycles. The predicted molar refractivity (Wildman–Crippen MR) is 109 cm³/mol. The van der Waals surface area contributed by atoms with Crippen LogP contribution >= 0.6 is 0 Å². The van der Waals surface area contributed by atoms with Crippen LogP contribution in [0.15, 0.2) is 47.1 Å². The average Bonchev–Trinajstić information content (AvgIpc) is 3.43. The summed E-state index contributed by atoms with van der Waals surface area (Å²) in [4.78, 5) is 10.9. The fraction of sp³-hybridized carbons (Fsp3) is 0.409. The van der Waals surface area contributed by atoms with Gasteiger partial charge in [0, 0.05) is 31.5 Å². The summed E-state index contributed by atoms with van der Waals surface area (Å²) in [5, 5.41) is 4.10. The van der Waals surface area contributed by atoms with Crippen LogP contribution in [0.1, 0.15) is 35.9 Å². The SMILES string of the molecule is COCCOc1cc(-c2noc([C@H]3CCCN3Cc3ccc(C(F)(F)F)cc3)n2)ccn1. The summed E-state index contributed by atoms with van der Waals surface area (Å²) >= 11 is 0. The second-order valence-electron chi connectivity index (χ2n) is 7.50. The molecule has 1 aliphatic heterocycles. The van der Waals surface area contributed by atoms with Gasteiger partial charge >= 0.3 is 6.18 Å². The molecule has 7 nitrogen and oxygen atoms in total. The monoisotopic (exact) mass is 448 g/mol. The molecular formula is C22H23F3N4O3. The van der Waals surface area contributed by atoms with Crippen LogP contribution in [0.4, 0.5) is 13.2 Å². The number of alkyl halides is 3. The highest BCUT2D eigenvalue weighted by Crippen LogP contribution is 2.34. The fourth-order valence-electron chi connectivity index (χ4n) is 3.67. The molecule has 1 fully saturated rings. The number of ether oxygens (including phenoxy) is 2. The van der Waals surface area contributed by atoms with Gasteiger partial charge in [-0.2, -0.15) is 18.2 Å². The molecule has 0 radical (unpaired) electrons. The third kappa shape index (κ3) is 5.25. The number of likely N-dealkylation sites (tertiary alicyclic amines) is 1. The van der Waals surface area contributed by atoms with Crippen LogP contribution in [0, 0.1) is 0 Å². The largest absolute Gasteiger partial charge is 0.475 e. The molecule has 0 unspecified atom stereocenters. The van der Waals surface area contributed by atoms with Crippen LogP contribution < -0.4 is 4.74 Å². The second-order valence-corrected chi connectivity index (χ2v) is 7.50. The van der Waals surface area contributed by atoms with Crippen molar-refractivity contribution in [2.45, 2.75) is 31.6 Å². The smallest absolute Gasteiger partial charge is 0.416 e. The minimum Gasteiger partial charge on any atom is -0.475 e. The molecule has 32 heavy (non-hydrogen) atoms. The number of hydrogen-bond donors (Lipinski definition) is 0. The van der Waals surface area contributed by atoms with Crippen molar-refractivity contribution in [2.24, 2.45) is 0 Å². The van der Waals surface area contributed by atoms with Crippen molar-refractivity contribution < 1.29 is 27.2 Å². The lowest BCUT2D eigenvalue weighted by Gasteiger charge is -2.21. The molecule has 0 bridgehead atoms. The molecule has 1 atom stereocenters. The first-order valence-electron chi connectivity index (χ1n) is 10.3. The number of halogens is 3. The first-order chi connectivity index (χ1) is 15.4. The number of methoxy groups -OCH3 is 1. The Bertz CT molecular complexity index is 1020. The first kappa shape index (κ1) is 22.2. The Hall–Kier alpha value is -2.98. The van der Waals surface area contributed by atoms with E-state index >= 15 is 0 Å². The maximum absolute atomic E-state index is 12.8. The Morgan fingerprint density at radius 1 is 1.16 bits per heavy atom. The van der Waals surface area contributed by atoms with Gasteiger partial charge in [-0.15, -0.1) is 0 Å². The Morgan fingerprint density at radius 3 is 2.72 bits per heavy atom. The highest BCUT2D eigenvalue weighted by molar-refractivity contribution is 5.55. The van der Waals surface area contributed by atoms with Crippen LogP contribution in [0.5, 0.6) is 5.88 Å². The van der Waals surface area contributed by atoms with E-state index in [2.05, 4.69) is 20.0 Å². The normalized spacial score (nSPS) is 17.1. The van der Waals surface area contributed by atoms with Gasteiger partial charge in [-0.05, 0) is 43.1 Å². The van der Waals surface area contributed by atoms with Crippen LogP contribution in [0.25, 0.3) is 11.4 Å². The molecule has 0 saturated carbocycles. The van der Waals surface area contributed by atoms with E-state index in [-0.39, 0.29) is 6.04 Å².